The van der Waals surface area contributed by atoms with Crippen LogP contribution in [0.3, 0.4) is 0 Å². The number of aromatic nitrogens is 2. The molecule has 1 aromatic heterocycles. The number of hydrogen-bond donors (Lipinski definition) is 2. The molecule has 0 saturated carbocycles. The van der Waals surface area contributed by atoms with Crippen molar-refractivity contribution in [2.24, 2.45) is 11.8 Å². The van der Waals surface area contributed by atoms with E-state index in [4.69, 9.17) is 4.42 Å². The minimum atomic E-state index is -3.62. The molecule has 4 rings (SSSR count). The maximum absolute atomic E-state index is 13.0. The monoisotopic (exact) mass is 456 g/mol. The Kier molecular flexibility index (Phi) is 5.98. The van der Waals surface area contributed by atoms with Crippen molar-refractivity contribution in [3.8, 4) is 17.2 Å². The summed E-state index contributed by atoms with van der Waals surface area (Å²) < 4.78 is 32.9. The number of phenolic OH excluding ortho intramolecular Hbond substituents is 1. The molecular formula is C22H24N4O5S. The van der Waals surface area contributed by atoms with Crippen LogP contribution in [-0.2, 0) is 10.0 Å². The minimum absolute atomic E-state index is 0.0916. The van der Waals surface area contributed by atoms with Crippen molar-refractivity contribution in [1.82, 2.24) is 14.5 Å². The van der Waals surface area contributed by atoms with E-state index in [1.165, 1.54) is 40.7 Å². The second-order valence-electron chi connectivity index (χ2n) is 8.21. The lowest BCUT2D eigenvalue weighted by Gasteiger charge is -2.34. The van der Waals surface area contributed by atoms with Crippen LogP contribution in [0.5, 0.6) is 5.75 Å². The molecule has 2 N–H and O–H groups in total. The van der Waals surface area contributed by atoms with Gasteiger partial charge in [-0.05, 0) is 66.8 Å². The molecule has 1 fully saturated rings. The average Bonchev–Trinajstić information content (AvgIpc) is 3.22. The summed E-state index contributed by atoms with van der Waals surface area (Å²) in [5.41, 5.74) is 0.848. The second kappa shape index (κ2) is 8.71. The Labute approximate surface area is 186 Å². The molecule has 2 atom stereocenters. The van der Waals surface area contributed by atoms with Gasteiger partial charge in [-0.25, -0.2) is 8.42 Å². The molecule has 0 radical (unpaired) electrons. The topological polar surface area (TPSA) is 126 Å². The molecule has 0 unspecified atom stereocenters. The molecule has 1 saturated heterocycles. The molecule has 0 aliphatic carbocycles. The number of sulfonamides is 1. The van der Waals surface area contributed by atoms with Crippen LogP contribution in [0.15, 0.2) is 57.8 Å². The number of aromatic hydroxyl groups is 1. The zero-order chi connectivity index (χ0) is 22.9. The molecule has 2 heterocycles. The minimum Gasteiger partial charge on any atom is -0.508 e. The number of hydrogen-bond acceptors (Lipinski definition) is 7. The van der Waals surface area contributed by atoms with Crippen molar-refractivity contribution in [2.75, 3.05) is 18.4 Å². The Hall–Kier alpha value is -3.24. The summed E-state index contributed by atoms with van der Waals surface area (Å²) in [6.45, 7) is 5.09. The summed E-state index contributed by atoms with van der Waals surface area (Å²) in [5, 5.41) is 19.5. The van der Waals surface area contributed by atoms with E-state index in [9.17, 15) is 18.3 Å². The highest BCUT2D eigenvalue weighted by molar-refractivity contribution is 7.89. The lowest BCUT2D eigenvalue weighted by atomic mass is 9.94. The van der Waals surface area contributed by atoms with Crippen molar-refractivity contribution in [3.63, 3.8) is 0 Å². The average molecular weight is 457 g/mol. The molecule has 1 aliphatic heterocycles. The Bertz CT molecular complexity index is 1200. The lowest BCUT2D eigenvalue weighted by Crippen LogP contribution is -2.42. The van der Waals surface area contributed by atoms with Crippen LogP contribution in [-0.4, -0.2) is 47.0 Å². The fourth-order valence-electron chi connectivity index (χ4n) is 3.89. The van der Waals surface area contributed by atoms with Gasteiger partial charge in [-0.1, -0.05) is 18.9 Å². The van der Waals surface area contributed by atoms with Gasteiger partial charge < -0.3 is 9.52 Å². The van der Waals surface area contributed by atoms with Crippen LogP contribution in [0.2, 0.25) is 0 Å². The van der Waals surface area contributed by atoms with Crippen LogP contribution < -0.4 is 5.32 Å². The van der Waals surface area contributed by atoms with Crippen LogP contribution >= 0.6 is 0 Å². The van der Waals surface area contributed by atoms with E-state index in [-0.39, 0.29) is 28.1 Å². The SMILES string of the molecule is C[C@@H]1C[C@H](C)CN(S(=O)(=O)c2ccc(C(=O)Nc3nnc(-c4ccc(O)cc4)o3)cc2)C1. The Balaban J connectivity index is 1.45. The zero-order valence-electron chi connectivity index (χ0n) is 17.7. The Morgan fingerprint density at radius 1 is 1.03 bits per heavy atom. The highest BCUT2D eigenvalue weighted by Crippen LogP contribution is 2.27. The molecule has 2 aromatic carbocycles. The summed E-state index contributed by atoms with van der Waals surface area (Å²) >= 11 is 0. The Morgan fingerprint density at radius 3 is 2.28 bits per heavy atom. The van der Waals surface area contributed by atoms with Gasteiger partial charge in [0.15, 0.2) is 0 Å². The van der Waals surface area contributed by atoms with Crippen molar-refractivity contribution >= 4 is 21.9 Å². The number of nitrogens with zero attached hydrogens (tertiary/aromatic N) is 3. The first kappa shape index (κ1) is 22.0. The standard InChI is InChI=1S/C22H24N4O5S/c1-14-11-15(2)13-26(12-14)32(29,30)19-9-5-16(6-10-19)20(28)23-22-25-24-21(31-22)17-3-7-18(27)8-4-17/h3-10,14-15,27H,11-13H2,1-2H3,(H,23,25,28)/t14-,15+. The van der Waals surface area contributed by atoms with Crippen molar-refractivity contribution in [1.29, 1.82) is 0 Å². The van der Waals surface area contributed by atoms with E-state index in [2.05, 4.69) is 29.4 Å². The molecule has 3 aromatic rings. The van der Waals surface area contributed by atoms with Crippen LogP contribution in [0.1, 0.15) is 30.6 Å². The van der Waals surface area contributed by atoms with Gasteiger partial charge in [-0.15, -0.1) is 5.10 Å². The number of piperidine rings is 1. The number of carbonyl (C=O) groups is 1. The van der Waals surface area contributed by atoms with Gasteiger partial charge in [0, 0.05) is 24.2 Å². The van der Waals surface area contributed by atoms with Gasteiger partial charge in [-0.2, -0.15) is 4.31 Å². The summed E-state index contributed by atoms with van der Waals surface area (Å²) in [4.78, 5) is 12.7. The first-order valence-corrected chi connectivity index (χ1v) is 11.7. The number of benzene rings is 2. The first-order valence-electron chi connectivity index (χ1n) is 10.3. The molecule has 1 aliphatic rings. The van der Waals surface area contributed by atoms with Gasteiger partial charge in [0.2, 0.25) is 15.9 Å². The van der Waals surface area contributed by atoms with E-state index < -0.39 is 15.9 Å². The highest BCUT2D eigenvalue weighted by atomic mass is 32.2. The number of carbonyl (C=O) groups excluding carboxylic acids is 1. The molecular weight excluding hydrogens is 432 g/mol. The van der Waals surface area contributed by atoms with Gasteiger partial charge in [0.1, 0.15) is 5.75 Å². The third kappa shape index (κ3) is 4.66. The maximum Gasteiger partial charge on any atom is 0.322 e. The third-order valence-electron chi connectivity index (χ3n) is 5.35. The molecule has 32 heavy (non-hydrogen) atoms. The number of amides is 1. The first-order chi connectivity index (χ1) is 15.2. The quantitative estimate of drug-likeness (QED) is 0.603. The summed E-state index contributed by atoms with van der Waals surface area (Å²) in [6.07, 6.45) is 1.01. The fraction of sp³-hybridized carbons (Fsp3) is 0.318. The molecule has 10 heteroatoms. The van der Waals surface area contributed by atoms with Gasteiger partial charge in [-0.3, -0.25) is 10.1 Å². The van der Waals surface area contributed by atoms with E-state index in [1.54, 1.807) is 12.1 Å². The van der Waals surface area contributed by atoms with E-state index >= 15 is 0 Å². The van der Waals surface area contributed by atoms with Crippen molar-refractivity contribution < 1.29 is 22.7 Å². The number of anilines is 1. The van der Waals surface area contributed by atoms with Crippen LogP contribution in [0.25, 0.3) is 11.5 Å². The number of rotatable bonds is 5. The van der Waals surface area contributed by atoms with Gasteiger partial charge in [0.25, 0.3) is 5.91 Å². The van der Waals surface area contributed by atoms with Gasteiger partial charge in [0.05, 0.1) is 4.90 Å². The maximum atomic E-state index is 13.0. The van der Waals surface area contributed by atoms with Crippen molar-refractivity contribution in [3.05, 3.63) is 54.1 Å². The summed E-state index contributed by atoms with van der Waals surface area (Å²) in [7, 11) is -3.62. The molecule has 168 valence electrons. The van der Waals surface area contributed by atoms with Crippen LogP contribution in [0.4, 0.5) is 6.01 Å². The Morgan fingerprint density at radius 2 is 1.66 bits per heavy atom. The van der Waals surface area contributed by atoms with Gasteiger partial charge >= 0.3 is 6.01 Å². The van der Waals surface area contributed by atoms with E-state index in [0.29, 0.717) is 30.5 Å². The number of phenols is 1. The van der Waals surface area contributed by atoms with Crippen molar-refractivity contribution in [2.45, 2.75) is 25.2 Å². The van der Waals surface area contributed by atoms with Crippen LogP contribution in [0, 0.1) is 11.8 Å². The predicted octanol–water partition coefficient (Wildman–Crippen LogP) is 3.36. The highest BCUT2D eigenvalue weighted by Gasteiger charge is 2.31. The third-order valence-corrected chi connectivity index (χ3v) is 7.20. The largest absolute Gasteiger partial charge is 0.508 e. The fourth-order valence-corrected chi connectivity index (χ4v) is 5.57. The predicted molar refractivity (Wildman–Crippen MR) is 117 cm³/mol. The molecule has 1 amide bonds. The molecule has 9 nitrogen and oxygen atoms in total. The summed E-state index contributed by atoms with van der Waals surface area (Å²) in [5.74, 6) is 0.400. The zero-order valence-corrected chi connectivity index (χ0v) is 18.5. The molecule has 0 bridgehead atoms. The molecule has 0 spiro atoms. The number of nitrogens with one attached hydrogen (secondary N) is 1. The second-order valence-corrected chi connectivity index (χ2v) is 10.1. The lowest BCUT2D eigenvalue weighted by molar-refractivity contribution is 0.102. The summed E-state index contributed by atoms with van der Waals surface area (Å²) in [6, 6.07) is 11.9. The van der Waals surface area contributed by atoms with E-state index in [0.717, 1.165) is 6.42 Å². The smallest absolute Gasteiger partial charge is 0.322 e. The normalized spacial score (nSPS) is 19.6. The van der Waals surface area contributed by atoms with E-state index in [1.807, 2.05) is 0 Å².